The monoisotopic (exact) mass is 542 g/mol. The van der Waals surface area contributed by atoms with Crippen molar-refractivity contribution in [2.24, 2.45) is 0 Å². The summed E-state index contributed by atoms with van der Waals surface area (Å²) in [7, 11) is 0. The van der Waals surface area contributed by atoms with Gasteiger partial charge in [-0.2, -0.15) is 10.2 Å². The van der Waals surface area contributed by atoms with Gasteiger partial charge in [0.25, 0.3) is 0 Å². The van der Waals surface area contributed by atoms with Crippen LogP contribution in [0.1, 0.15) is 45.1 Å². The minimum absolute atomic E-state index is 0.00185. The van der Waals surface area contributed by atoms with Gasteiger partial charge >= 0.3 is 0 Å². The molecule has 1 atom stereocenters. The molecule has 0 saturated heterocycles. The number of aliphatic hydroxyl groups excluding tert-OH is 2. The van der Waals surface area contributed by atoms with Crippen LogP contribution in [-0.4, -0.2) is 60.1 Å². The molecule has 9 nitrogen and oxygen atoms in total. The smallest absolute Gasteiger partial charge is 0.138 e. The van der Waals surface area contributed by atoms with Crippen LogP contribution in [0.2, 0.25) is 5.02 Å². The molecule has 3 aromatic heterocycles. The first kappa shape index (κ1) is 26.4. The Bertz CT molecular complexity index is 1380. The molecule has 3 heterocycles. The molecule has 3 N–H and O–H groups in total. The summed E-state index contributed by atoms with van der Waals surface area (Å²) in [4.78, 5) is 4.58. The molecule has 0 aliphatic heterocycles. The lowest BCUT2D eigenvalue weighted by atomic mass is 9.93. The van der Waals surface area contributed by atoms with E-state index in [-0.39, 0.29) is 29.6 Å². The van der Waals surface area contributed by atoms with Crippen molar-refractivity contribution in [2.75, 3.05) is 18.5 Å². The van der Waals surface area contributed by atoms with Gasteiger partial charge in [0.05, 0.1) is 41.6 Å². The fourth-order valence-corrected chi connectivity index (χ4v) is 5.15. The normalized spacial score (nSPS) is 18.6. The molecule has 0 spiro atoms. The third-order valence-corrected chi connectivity index (χ3v) is 7.23. The van der Waals surface area contributed by atoms with Gasteiger partial charge in [-0.1, -0.05) is 11.6 Å². The predicted octanol–water partition coefficient (Wildman–Crippen LogP) is 4.83. The van der Waals surface area contributed by atoms with E-state index in [1.807, 2.05) is 25.4 Å². The predicted molar refractivity (Wildman–Crippen MR) is 144 cm³/mol. The van der Waals surface area contributed by atoms with Gasteiger partial charge in [-0.25, -0.2) is 9.37 Å². The number of fused-ring (bicyclic) bond motifs is 1. The zero-order valence-electron chi connectivity index (χ0n) is 21.2. The van der Waals surface area contributed by atoms with Crippen molar-refractivity contribution in [3.63, 3.8) is 0 Å². The van der Waals surface area contributed by atoms with Gasteiger partial charge < -0.3 is 20.3 Å². The molecule has 0 radical (unpaired) electrons. The molecule has 1 aliphatic rings. The van der Waals surface area contributed by atoms with Gasteiger partial charge in [0.1, 0.15) is 23.1 Å². The molecule has 4 aromatic rings. The second-order valence-electron chi connectivity index (χ2n) is 9.65. The summed E-state index contributed by atoms with van der Waals surface area (Å²) in [5, 5.41) is 32.7. The van der Waals surface area contributed by atoms with Crippen LogP contribution in [0, 0.1) is 5.82 Å². The fraction of sp³-hybridized carbons (Fsp3) is 0.444. The van der Waals surface area contributed by atoms with Gasteiger partial charge in [-0.3, -0.25) is 9.36 Å². The molecular weight excluding hydrogens is 511 g/mol. The molecule has 1 saturated carbocycles. The number of aliphatic hydroxyl groups is 2. The Morgan fingerprint density at radius 1 is 1.21 bits per heavy atom. The minimum Gasteiger partial charge on any atom is -0.489 e. The number of halogens is 2. The number of aromatic nitrogens is 5. The van der Waals surface area contributed by atoms with E-state index < -0.39 is 6.10 Å². The summed E-state index contributed by atoms with van der Waals surface area (Å²) in [6, 6.07) is 6.43. The number of nitrogens with zero attached hydrogens (tertiary/aromatic N) is 5. The number of ether oxygens (including phenoxy) is 1. The molecule has 38 heavy (non-hydrogen) atoms. The van der Waals surface area contributed by atoms with E-state index in [4.69, 9.17) is 26.5 Å². The van der Waals surface area contributed by atoms with Gasteiger partial charge in [-0.15, -0.1) is 0 Å². The standard InChI is InChI=1S/C27H32ClFN6O3/c1-2-30-26-12-24-22(14-31-26)27(17-13-32-34(15-17)10-9-20(37)16-36)33-35(24)19-4-6-21(7-5-19)38-25-8-3-18(29)11-23(25)28/h3,8,11-15,19-21,36-37H,2,4-7,9-10,16H2,1H3,(H,30,31)/t19?,20-,21?/m1/s1. The SMILES string of the molecule is CCNc1cc2c(cn1)c(-c1cnn(CC[C@@H](O)CO)c1)nn2C1CCC(Oc2ccc(F)cc2Cl)CC1. The maximum absolute atomic E-state index is 13.4. The molecular formula is C27H32ClFN6O3. The van der Waals surface area contributed by atoms with Crippen LogP contribution in [0.4, 0.5) is 10.2 Å². The van der Waals surface area contributed by atoms with Crippen LogP contribution in [0.5, 0.6) is 5.75 Å². The summed E-state index contributed by atoms with van der Waals surface area (Å²) in [5.74, 6) is 0.921. The highest BCUT2D eigenvalue weighted by molar-refractivity contribution is 6.32. The van der Waals surface area contributed by atoms with Gasteiger partial charge in [-0.05, 0) is 57.2 Å². The first-order chi connectivity index (χ1) is 18.4. The Hall–Kier alpha value is -3.21. The van der Waals surface area contributed by atoms with E-state index in [0.717, 1.165) is 60.2 Å². The average Bonchev–Trinajstić information content (AvgIpc) is 3.54. The topological polar surface area (TPSA) is 110 Å². The molecule has 202 valence electrons. The van der Waals surface area contributed by atoms with Crippen molar-refractivity contribution in [2.45, 2.75) is 63.8 Å². The lowest BCUT2D eigenvalue weighted by molar-refractivity contribution is 0.0838. The average molecular weight is 543 g/mol. The quantitative estimate of drug-likeness (QED) is 0.263. The van der Waals surface area contributed by atoms with Crippen molar-refractivity contribution in [3.05, 3.63) is 53.7 Å². The van der Waals surface area contributed by atoms with Crippen molar-refractivity contribution in [1.29, 1.82) is 0 Å². The van der Waals surface area contributed by atoms with Gasteiger partial charge in [0.2, 0.25) is 0 Å². The Morgan fingerprint density at radius 2 is 2.03 bits per heavy atom. The zero-order valence-corrected chi connectivity index (χ0v) is 22.0. The Labute approximate surface area is 225 Å². The molecule has 0 amide bonds. The van der Waals surface area contributed by atoms with E-state index in [1.54, 1.807) is 16.9 Å². The number of anilines is 1. The maximum Gasteiger partial charge on any atom is 0.138 e. The summed E-state index contributed by atoms with van der Waals surface area (Å²) in [5.41, 5.74) is 2.68. The highest BCUT2D eigenvalue weighted by atomic mass is 35.5. The molecule has 1 fully saturated rings. The number of hydrogen-bond donors (Lipinski definition) is 3. The van der Waals surface area contributed by atoms with Crippen molar-refractivity contribution in [3.8, 4) is 17.0 Å². The third kappa shape index (κ3) is 5.77. The Morgan fingerprint density at radius 3 is 2.76 bits per heavy atom. The number of aryl methyl sites for hydroxylation is 1. The van der Waals surface area contributed by atoms with E-state index in [9.17, 15) is 9.50 Å². The number of hydrogen-bond acceptors (Lipinski definition) is 7. The fourth-order valence-electron chi connectivity index (χ4n) is 4.94. The first-order valence-electron chi connectivity index (χ1n) is 13.0. The van der Waals surface area contributed by atoms with Crippen molar-refractivity contribution < 1.29 is 19.3 Å². The highest BCUT2D eigenvalue weighted by Gasteiger charge is 2.27. The number of nitrogens with one attached hydrogen (secondary N) is 1. The van der Waals surface area contributed by atoms with Crippen LogP contribution in [0.3, 0.4) is 0 Å². The molecule has 5 rings (SSSR count). The molecule has 0 bridgehead atoms. The first-order valence-corrected chi connectivity index (χ1v) is 13.4. The third-order valence-electron chi connectivity index (χ3n) is 6.94. The number of rotatable bonds is 10. The maximum atomic E-state index is 13.4. The van der Waals surface area contributed by atoms with Crippen LogP contribution in [-0.2, 0) is 6.54 Å². The summed E-state index contributed by atoms with van der Waals surface area (Å²) in [6.45, 7) is 3.02. The van der Waals surface area contributed by atoms with E-state index in [0.29, 0.717) is 18.7 Å². The Balaban J connectivity index is 1.37. The van der Waals surface area contributed by atoms with Crippen LogP contribution >= 0.6 is 11.6 Å². The summed E-state index contributed by atoms with van der Waals surface area (Å²) < 4.78 is 23.3. The largest absolute Gasteiger partial charge is 0.489 e. The van der Waals surface area contributed by atoms with E-state index >= 15 is 0 Å². The van der Waals surface area contributed by atoms with Crippen LogP contribution in [0.15, 0.2) is 42.9 Å². The Kier molecular flexibility index (Phi) is 8.11. The number of benzene rings is 1. The molecule has 11 heteroatoms. The summed E-state index contributed by atoms with van der Waals surface area (Å²) >= 11 is 6.16. The zero-order chi connectivity index (χ0) is 26.6. The second-order valence-corrected chi connectivity index (χ2v) is 10.1. The van der Waals surface area contributed by atoms with Gasteiger partial charge in [0, 0.05) is 42.5 Å². The molecule has 1 aromatic carbocycles. The van der Waals surface area contributed by atoms with Gasteiger partial charge in [0.15, 0.2) is 0 Å². The lowest BCUT2D eigenvalue weighted by Crippen LogP contribution is -2.26. The lowest BCUT2D eigenvalue weighted by Gasteiger charge is -2.29. The van der Waals surface area contributed by atoms with Crippen molar-refractivity contribution >= 4 is 28.3 Å². The van der Waals surface area contributed by atoms with Crippen LogP contribution in [0.25, 0.3) is 22.2 Å². The highest BCUT2D eigenvalue weighted by Crippen LogP contribution is 2.37. The number of pyridine rings is 1. The summed E-state index contributed by atoms with van der Waals surface area (Å²) in [6.07, 6.45) is 8.57. The minimum atomic E-state index is -0.769. The molecule has 1 aliphatic carbocycles. The van der Waals surface area contributed by atoms with E-state index in [1.165, 1.54) is 12.1 Å². The van der Waals surface area contributed by atoms with Crippen LogP contribution < -0.4 is 10.1 Å². The second kappa shape index (κ2) is 11.7. The van der Waals surface area contributed by atoms with Crippen molar-refractivity contribution in [1.82, 2.24) is 24.5 Å². The molecule has 0 unspecified atom stereocenters. The van der Waals surface area contributed by atoms with E-state index in [2.05, 4.69) is 20.1 Å².